The summed E-state index contributed by atoms with van der Waals surface area (Å²) in [7, 11) is -4.49. The first-order chi connectivity index (χ1) is 16.0. The maximum absolute atomic E-state index is 12.7. The molecule has 178 valence electrons. The van der Waals surface area contributed by atoms with E-state index in [-0.39, 0.29) is 22.8 Å². The molecule has 12 heteroatoms. The highest BCUT2D eigenvalue weighted by Crippen LogP contribution is 2.31. The van der Waals surface area contributed by atoms with Crippen molar-refractivity contribution >= 4 is 45.4 Å². The van der Waals surface area contributed by atoms with Crippen molar-refractivity contribution in [1.29, 1.82) is 0 Å². The summed E-state index contributed by atoms with van der Waals surface area (Å²) in [6, 6.07) is 13.7. The van der Waals surface area contributed by atoms with Gasteiger partial charge in [0, 0.05) is 5.02 Å². The Morgan fingerprint density at radius 1 is 1.03 bits per heavy atom. The lowest BCUT2D eigenvalue weighted by Crippen LogP contribution is -2.20. The molecule has 0 aromatic heterocycles. The van der Waals surface area contributed by atoms with Crippen LogP contribution in [-0.2, 0) is 27.5 Å². The number of nitrogens with one attached hydrogen (secondary N) is 1. The molecule has 0 radical (unpaired) electrons. The predicted octanol–water partition coefficient (Wildman–Crippen LogP) is 5.47. The fourth-order valence-corrected chi connectivity index (χ4v) is 4.11. The number of nitrogens with zero attached hydrogens (tertiary/aromatic N) is 1. The average molecular weight is 531 g/mol. The van der Waals surface area contributed by atoms with Crippen LogP contribution in [0.5, 0.6) is 5.75 Å². The normalized spacial score (nSPS) is 12.0. The van der Waals surface area contributed by atoms with Crippen molar-refractivity contribution in [3.8, 4) is 5.75 Å². The number of benzene rings is 3. The summed E-state index contributed by atoms with van der Waals surface area (Å²) in [6.07, 6.45) is -3.53. The van der Waals surface area contributed by atoms with E-state index in [1.54, 1.807) is 24.3 Å². The molecule has 3 rings (SSSR count). The number of carbonyl (C=O) groups excluding carboxylic acids is 1. The van der Waals surface area contributed by atoms with E-state index in [2.05, 4.69) is 10.5 Å². The minimum absolute atomic E-state index is 0.00786. The van der Waals surface area contributed by atoms with Crippen LogP contribution < -0.4 is 9.61 Å². The molecule has 0 heterocycles. The molecular weight excluding hydrogens is 516 g/mol. The lowest BCUT2D eigenvalue weighted by atomic mass is 10.1. The van der Waals surface area contributed by atoms with Crippen LogP contribution in [0.4, 0.5) is 13.2 Å². The van der Waals surface area contributed by atoms with Gasteiger partial charge in [-0.25, -0.2) is 5.43 Å². The van der Waals surface area contributed by atoms with Crippen molar-refractivity contribution in [3.63, 3.8) is 0 Å². The average Bonchev–Trinajstić information content (AvgIpc) is 2.75. The molecule has 0 aliphatic heterocycles. The Morgan fingerprint density at radius 2 is 1.71 bits per heavy atom. The first-order valence-electron chi connectivity index (χ1n) is 9.42. The molecule has 34 heavy (non-hydrogen) atoms. The fraction of sp³-hybridized carbons (Fsp3) is 0.0909. The molecule has 3 aromatic rings. The second kappa shape index (κ2) is 10.5. The standard InChI is InChI=1S/C22H15Cl2F3N2O4S/c23-16-4-1-3-14(11-16)12-21(30)29-28-13-18-19(24)5-2-6-20(18)33-34(31,32)17-9-7-15(8-10-17)22(25,26)27/h1-11,13H,12H2,(H,29,30). The minimum Gasteiger partial charge on any atom is -0.378 e. The molecular formula is C22H15Cl2F3N2O4S. The van der Waals surface area contributed by atoms with E-state index >= 15 is 0 Å². The Labute approximate surface area is 203 Å². The van der Waals surface area contributed by atoms with Crippen LogP contribution in [0, 0.1) is 0 Å². The zero-order valence-corrected chi connectivity index (χ0v) is 19.3. The number of hydrogen-bond acceptors (Lipinski definition) is 5. The van der Waals surface area contributed by atoms with Gasteiger partial charge in [0.15, 0.2) is 5.75 Å². The molecule has 0 bridgehead atoms. The Balaban J connectivity index is 1.75. The summed E-state index contributed by atoms with van der Waals surface area (Å²) in [5, 5.41) is 4.32. The fourth-order valence-electron chi connectivity index (χ4n) is 2.73. The van der Waals surface area contributed by atoms with Gasteiger partial charge < -0.3 is 4.18 Å². The molecule has 6 nitrogen and oxygen atoms in total. The van der Waals surface area contributed by atoms with Crippen LogP contribution in [0.3, 0.4) is 0 Å². The summed E-state index contributed by atoms with van der Waals surface area (Å²) >= 11 is 12.0. The molecule has 0 saturated heterocycles. The summed E-state index contributed by atoms with van der Waals surface area (Å²) in [4.78, 5) is 11.6. The van der Waals surface area contributed by atoms with E-state index in [4.69, 9.17) is 27.4 Å². The minimum atomic E-state index is -4.61. The van der Waals surface area contributed by atoms with Crippen molar-refractivity contribution < 1.29 is 30.6 Å². The maximum Gasteiger partial charge on any atom is 0.416 e. The van der Waals surface area contributed by atoms with Crippen LogP contribution in [-0.4, -0.2) is 20.5 Å². The highest BCUT2D eigenvalue weighted by Gasteiger charge is 2.31. The molecule has 0 aliphatic rings. The zero-order valence-electron chi connectivity index (χ0n) is 17.0. The third-order valence-corrected chi connectivity index (χ3v) is 6.13. The number of carbonyl (C=O) groups is 1. The van der Waals surface area contributed by atoms with Crippen molar-refractivity contribution in [2.45, 2.75) is 17.5 Å². The van der Waals surface area contributed by atoms with Crippen molar-refractivity contribution in [3.05, 3.63) is 93.5 Å². The van der Waals surface area contributed by atoms with Gasteiger partial charge in [-0.3, -0.25) is 4.79 Å². The Kier molecular flexibility index (Phi) is 7.86. The third-order valence-electron chi connectivity index (χ3n) is 4.32. The van der Waals surface area contributed by atoms with E-state index < -0.39 is 32.7 Å². The van der Waals surface area contributed by atoms with E-state index in [1.807, 2.05) is 0 Å². The second-order valence-electron chi connectivity index (χ2n) is 6.81. The predicted molar refractivity (Wildman–Crippen MR) is 122 cm³/mol. The Morgan fingerprint density at radius 3 is 2.35 bits per heavy atom. The molecule has 1 amide bonds. The smallest absolute Gasteiger partial charge is 0.378 e. The molecule has 0 spiro atoms. The summed E-state index contributed by atoms with van der Waals surface area (Å²) in [5.41, 5.74) is 1.97. The van der Waals surface area contributed by atoms with Gasteiger partial charge in [-0.05, 0) is 54.1 Å². The molecule has 1 N–H and O–H groups in total. The van der Waals surface area contributed by atoms with Crippen LogP contribution in [0.1, 0.15) is 16.7 Å². The van der Waals surface area contributed by atoms with Gasteiger partial charge in [0.1, 0.15) is 4.90 Å². The van der Waals surface area contributed by atoms with E-state index in [0.29, 0.717) is 22.7 Å². The van der Waals surface area contributed by atoms with Crippen LogP contribution in [0.15, 0.2) is 76.7 Å². The van der Waals surface area contributed by atoms with E-state index in [9.17, 15) is 26.4 Å². The second-order valence-corrected chi connectivity index (χ2v) is 9.20. The number of hydrazone groups is 1. The highest BCUT2D eigenvalue weighted by molar-refractivity contribution is 7.87. The van der Waals surface area contributed by atoms with Crippen LogP contribution in [0.2, 0.25) is 10.0 Å². The van der Waals surface area contributed by atoms with Crippen molar-refractivity contribution in [2.24, 2.45) is 5.10 Å². The summed E-state index contributed by atoms with van der Waals surface area (Å²) < 4.78 is 68.4. The van der Waals surface area contributed by atoms with Gasteiger partial charge in [0.25, 0.3) is 0 Å². The van der Waals surface area contributed by atoms with Gasteiger partial charge in [-0.2, -0.15) is 26.7 Å². The molecule has 0 atom stereocenters. The lowest BCUT2D eigenvalue weighted by Gasteiger charge is -2.11. The first-order valence-corrected chi connectivity index (χ1v) is 11.6. The van der Waals surface area contributed by atoms with Gasteiger partial charge in [-0.1, -0.05) is 41.4 Å². The van der Waals surface area contributed by atoms with E-state index in [0.717, 1.165) is 18.3 Å². The molecule has 0 saturated carbocycles. The van der Waals surface area contributed by atoms with Crippen molar-refractivity contribution in [2.75, 3.05) is 0 Å². The molecule has 0 fully saturated rings. The molecule has 0 unspecified atom stereocenters. The van der Waals surface area contributed by atoms with Gasteiger partial charge in [0.05, 0.1) is 28.8 Å². The van der Waals surface area contributed by atoms with Gasteiger partial charge >= 0.3 is 16.3 Å². The van der Waals surface area contributed by atoms with E-state index in [1.165, 1.54) is 18.2 Å². The maximum atomic E-state index is 12.7. The number of halogens is 5. The number of amides is 1. The van der Waals surface area contributed by atoms with Crippen LogP contribution in [0.25, 0.3) is 0 Å². The SMILES string of the molecule is O=C(Cc1cccc(Cl)c1)NN=Cc1c(Cl)cccc1OS(=O)(=O)c1ccc(C(F)(F)F)cc1. The summed E-state index contributed by atoms with van der Waals surface area (Å²) in [6.45, 7) is 0. The summed E-state index contributed by atoms with van der Waals surface area (Å²) in [5.74, 6) is -0.703. The lowest BCUT2D eigenvalue weighted by molar-refractivity contribution is -0.137. The molecule has 0 aliphatic carbocycles. The number of alkyl halides is 3. The van der Waals surface area contributed by atoms with Gasteiger partial charge in [-0.15, -0.1) is 0 Å². The molecule has 3 aromatic carbocycles. The Bertz CT molecular complexity index is 1330. The third kappa shape index (κ3) is 6.72. The quantitative estimate of drug-likeness (QED) is 0.249. The number of rotatable bonds is 7. The first kappa shape index (κ1) is 25.5. The number of hydrogen-bond donors (Lipinski definition) is 1. The van der Waals surface area contributed by atoms with Gasteiger partial charge in [0.2, 0.25) is 5.91 Å². The largest absolute Gasteiger partial charge is 0.416 e. The topological polar surface area (TPSA) is 84.8 Å². The highest BCUT2D eigenvalue weighted by atomic mass is 35.5. The van der Waals surface area contributed by atoms with Crippen molar-refractivity contribution in [1.82, 2.24) is 5.43 Å². The monoisotopic (exact) mass is 530 g/mol. The Hall–Kier alpha value is -3.08. The zero-order chi connectivity index (χ0) is 24.9. The van der Waals surface area contributed by atoms with Crippen LogP contribution >= 0.6 is 23.2 Å².